The highest BCUT2D eigenvalue weighted by Gasteiger charge is 2.15. The zero-order chi connectivity index (χ0) is 13.8. The molecule has 0 amide bonds. The number of aldehydes is 1. The van der Waals surface area contributed by atoms with E-state index < -0.39 is 5.82 Å². The second kappa shape index (κ2) is 5.61. The first-order chi connectivity index (χ1) is 9.17. The summed E-state index contributed by atoms with van der Waals surface area (Å²) in [6, 6.07) is 10.4. The number of hydrogen-bond donors (Lipinski definition) is 0. The third-order valence-corrected chi connectivity index (χ3v) is 2.87. The Morgan fingerprint density at radius 3 is 2.53 bits per heavy atom. The van der Waals surface area contributed by atoms with Crippen LogP contribution < -0.4 is 4.90 Å². The number of nitrogens with zero attached hydrogens (tertiary/aromatic N) is 1. The Bertz CT molecular complexity index is 598. The molecule has 0 aliphatic heterocycles. The van der Waals surface area contributed by atoms with Crippen LogP contribution in [-0.4, -0.2) is 12.8 Å². The SMILES string of the molecule is CCN(c1cccc(F)c1)c1cccc(F)c1C=O. The highest BCUT2D eigenvalue weighted by Crippen LogP contribution is 2.29. The predicted molar refractivity (Wildman–Crippen MR) is 70.9 cm³/mol. The predicted octanol–water partition coefficient (Wildman–Crippen LogP) is 3.94. The fourth-order valence-corrected chi connectivity index (χ4v) is 2.01. The van der Waals surface area contributed by atoms with Gasteiger partial charge < -0.3 is 4.90 Å². The van der Waals surface area contributed by atoms with E-state index in [4.69, 9.17) is 0 Å². The Labute approximate surface area is 110 Å². The third kappa shape index (κ3) is 2.62. The van der Waals surface area contributed by atoms with Crippen molar-refractivity contribution in [1.29, 1.82) is 0 Å². The Hall–Kier alpha value is -2.23. The molecule has 4 heteroatoms. The first kappa shape index (κ1) is 13.2. The molecule has 0 unspecified atom stereocenters. The lowest BCUT2D eigenvalue weighted by atomic mass is 10.1. The molecule has 0 radical (unpaired) electrons. The van der Waals surface area contributed by atoms with E-state index in [0.29, 0.717) is 24.2 Å². The number of hydrogen-bond acceptors (Lipinski definition) is 2. The van der Waals surface area contributed by atoms with Gasteiger partial charge in [-0.05, 0) is 37.3 Å². The molecule has 2 aromatic rings. The molecule has 0 spiro atoms. The van der Waals surface area contributed by atoms with Crippen molar-refractivity contribution in [2.45, 2.75) is 6.92 Å². The minimum Gasteiger partial charge on any atom is -0.341 e. The van der Waals surface area contributed by atoms with Crippen LogP contribution in [-0.2, 0) is 0 Å². The highest BCUT2D eigenvalue weighted by molar-refractivity contribution is 5.87. The summed E-state index contributed by atoms with van der Waals surface area (Å²) >= 11 is 0. The molecule has 2 nitrogen and oxygen atoms in total. The maximum Gasteiger partial charge on any atom is 0.155 e. The highest BCUT2D eigenvalue weighted by atomic mass is 19.1. The molecule has 0 fully saturated rings. The van der Waals surface area contributed by atoms with Crippen LogP contribution in [0.1, 0.15) is 17.3 Å². The van der Waals surface area contributed by atoms with E-state index in [1.807, 2.05) is 6.92 Å². The average Bonchev–Trinajstić information content (AvgIpc) is 2.40. The van der Waals surface area contributed by atoms with E-state index in [9.17, 15) is 13.6 Å². The summed E-state index contributed by atoms with van der Waals surface area (Å²) in [4.78, 5) is 12.7. The van der Waals surface area contributed by atoms with Crippen LogP contribution in [0, 0.1) is 11.6 Å². The smallest absolute Gasteiger partial charge is 0.155 e. The van der Waals surface area contributed by atoms with Crippen LogP contribution in [0.5, 0.6) is 0 Å². The summed E-state index contributed by atoms with van der Waals surface area (Å²) < 4.78 is 26.9. The van der Waals surface area contributed by atoms with Crippen LogP contribution in [0.25, 0.3) is 0 Å². The summed E-state index contributed by atoms with van der Waals surface area (Å²) in [5.74, 6) is -0.956. The molecule has 0 bridgehead atoms. The van der Waals surface area contributed by atoms with Gasteiger partial charge in [0.25, 0.3) is 0 Å². The summed E-state index contributed by atoms with van der Waals surface area (Å²) in [5.41, 5.74) is 0.993. The van der Waals surface area contributed by atoms with Crippen molar-refractivity contribution in [1.82, 2.24) is 0 Å². The molecule has 0 heterocycles. The molecular formula is C15H13F2NO. The van der Waals surface area contributed by atoms with Crippen LogP contribution >= 0.6 is 0 Å². The first-order valence-electron chi connectivity index (χ1n) is 5.94. The minimum atomic E-state index is -0.581. The van der Waals surface area contributed by atoms with Crippen molar-refractivity contribution >= 4 is 17.7 Å². The monoisotopic (exact) mass is 261 g/mol. The van der Waals surface area contributed by atoms with Gasteiger partial charge in [-0.15, -0.1) is 0 Å². The Kier molecular flexibility index (Phi) is 3.90. The van der Waals surface area contributed by atoms with Gasteiger partial charge in [-0.3, -0.25) is 4.79 Å². The second-order valence-corrected chi connectivity index (χ2v) is 4.01. The number of anilines is 2. The second-order valence-electron chi connectivity index (χ2n) is 4.01. The third-order valence-electron chi connectivity index (χ3n) is 2.87. The van der Waals surface area contributed by atoms with E-state index in [2.05, 4.69) is 0 Å². The average molecular weight is 261 g/mol. The molecule has 0 aliphatic rings. The Morgan fingerprint density at radius 2 is 1.89 bits per heavy atom. The molecule has 98 valence electrons. The fraction of sp³-hybridized carbons (Fsp3) is 0.133. The zero-order valence-electron chi connectivity index (χ0n) is 10.4. The van der Waals surface area contributed by atoms with Crippen molar-refractivity contribution in [2.24, 2.45) is 0 Å². The van der Waals surface area contributed by atoms with Gasteiger partial charge in [-0.1, -0.05) is 12.1 Å². The van der Waals surface area contributed by atoms with Gasteiger partial charge in [0.2, 0.25) is 0 Å². The van der Waals surface area contributed by atoms with Gasteiger partial charge in [0.1, 0.15) is 11.6 Å². The number of carbonyl (C=O) groups excluding carboxylic acids is 1. The number of rotatable bonds is 4. The lowest BCUT2D eigenvalue weighted by molar-refractivity contribution is 0.112. The molecule has 2 rings (SSSR count). The Balaban J connectivity index is 2.54. The van der Waals surface area contributed by atoms with Crippen molar-refractivity contribution in [2.75, 3.05) is 11.4 Å². The van der Waals surface area contributed by atoms with Crippen molar-refractivity contribution in [3.8, 4) is 0 Å². The van der Waals surface area contributed by atoms with Crippen LogP contribution in [0.2, 0.25) is 0 Å². The number of halogens is 2. The minimum absolute atomic E-state index is 0.0198. The molecule has 19 heavy (non-hydrogen) atoms. The van der Waals surface area contributed by atoms with E-state index in [0.717, 1.165) is 0 Å². The molecule has 2 aromatic carbocycles. The van der Waals surface area contributed by atoms with Crippen LogP contribution in [0.4, 0.5) is 20.2 Å². The first-order valence-corrected chi connectivity index (χ1v) is 5.94. The standard InChI is InChI=1S/C15H13F2NO/c1-2-18(12-6-3-5-11(16)9-12)15-8-4-7-14(17)13(15)10-19/h3-10H,2H2,1H3. The molecule has 0 N–H and O–H groups in total. The van der Waals surface area contributed by atoms with Gasteiger partial charge in [-0.2, -0.15) is 0 Å². The van der Waals surface area contributed by atoms with Gasteiger partial charge >= 0.3 is 0 Å². The van der Waals surface area contributed by atoms with Crippen molar-refractivity contribution < 1.29 is 13.6 Å². The van der Waals surface area contributed by atoms with Gasteiger partial charge in [0.05, 0.1) is 11.3 Å². The van der Waals surface area contributed by atoms with E-state index in [1.165, 1.54) is 24.3 Å². The van der Waals surface area contributed by atoms with E-state index in [-0.39, 0.29) is 11.4 Å². The topological polar surface area (TPSA) is 20.3 Å². The summed E-state index contributed by atoms with van der Waals surface area (Å²) in [7, 11) is 0. The molecule has 0 saturated heterocycles. The normalized spacial score (nSPS) is 10.3. The maximum atomic E-state index is 13.6. The summed E-state index contributed by atoms with van der Waals surface area (Å²) in [5, 5.41) is 0. The molecule has 0 atom stereocenters. The summed E-state index contributed by atoms with van der Waals surface area (Å²) in [6.07, 6.45) is 0.479. The fourth-order valence-electron chi connectivity index (χ4n) is 2.01. The molecule has 0 aliphatic carbocycles. The van der Waals surface area contributed by atoms with Gasteiger partial charge in [0, 0.05) is 12.2 Å². The lowest BCUT2D eigenvalue weighted by Crippen LogP contribution is -2.18. The quantitative estimate of drug-likeness (QED) is 0.777. The van der Waals surface area contributed by atoms with Crippen LogP contribution in [0.15, 0.2) is 42.5 Å². The molecule has 0 aromatic heterocycles. The number of carbonyl (C=O) groups is 1. The largest absolute Gasteiger partial charge is 0.341 e. The zero-order valence-corrected chi connectivity index (χ0v) is 10.4. The number of benzene rings is 2. The van der Waals surface area contributed by atoms with Gasteiger partial charge in [0.15, 0.2) is 6.29 Å². The van der Waals surface area contributed by atoms with E-state index >= 15 is 0 Å². The van der Waals surface area contributed by atoms with Crippen molar-refractivity contribution in [3.63, 3.8) is 0 Å². The molecule has 0 saturated carbocycles. The summed E-state index contributed by atoms with van der Waals surface area (Å²) in [6.45, 7) is 2.35. The Morgan fingerprint density at radius 1 is 1.16 bits per heavy atom. The van der Waals surface area contributed by atoms with Gasteiger partial charge in [-0.25, -0.2) is 8.78 Å². The van der Waals surface area contributed by atoms with Crippen LogP contribution in [0.3, 0.4) is 0 Å². The lowest BCUT2D eigenvalue weighted by Gasteiger charge is -2.24. The van der Waals surface area contributed by atoms with E-state index in [1.54, 1.807) is 23.1 Å². The maximum absolute atomic E-state index is 13.6. The molecular weight excluding hydrogens is 248 g/mol. The van der Waals surface area contributed by atoms with Crippen molar-refractivity contribution in [3.05, 3.63) is 59.7 Å².